The van der Waals surface area contributed by atoms with Gasteiger partial charge < -0.3 is 11.5 Å². The lowest BCUT2D eigenvalue weighted by Crippen LogP contribution is -2.14. The van der Waals surface area contributed by atoms with Gasteiger partial charge in [0.05, 0.1) is 5.52 Å². The summed E-state index contributed by atoms with van der Waals surface area (Å²) in [6, 6.07) is 17.5. The van der Waals surface area contributed by atoms with Crippen LogP contribution in [0.2, 0.25) is 0 Å². The van der Waals surface area contributed by atoms with Gasteiger partial charge >= 0.3 is 0 Å². The van der Waals surface area contributed by atoms with Crippen molar-refractivity contribution in [1.82, 2.24) is 3.97 Å². The van der Waals surface area contributed by atoms with Crippen molar-refractivity contribution in [2.75, 3.05) is 0 Å². The maximum atomic E-state index is 11.7. The number of rotatable bonds is 4. The average Bonchev–Trinajstić information content (AvgIpc) is 2.87. The Bertz CT molecular complexity index is 810. The van der Waals surface area contributed by atoms with E-state index in [1.807, 2.05) is 58.6 Å². The minimum atomic E-state index is -0.441. The monoisotopic (exact) mass is 297 g/mol. The predicted octanol–water partition coefficient (Wildman–Crippen LogP) is 2.75. The topological polar surface area (TPSA) is 74.0 Å². The summed E-state index contributed by atoms with van der Waals surface area (Å²) < 4.78 is 1.87. The van der Waals surface area contributed by atoms with E-state index in [1.165, 1.54) is 11.9 Å². The lowest BCUT2D eigenvalue weighted by Gasteiger charge is -2.10. The van der Waals surface area contributed by atoms with Crippen LogP contribution >= 0.6 is 11.9 Å². The van der Waals surface area contributed by atoms with Crippen LogP contribution in [-0.2, 0) is 6.54 Å². The second kappa shape index (κ2) is 5.63. The first-order valence-electron chi connectivity index (χ1n) is 6.57. The molecule has 3 aromatic rings. The first-order valence-corrected chi connectivity index (χ1v) is 7.34. The first-order chi connectivity index (χ1) is 10.2. The van der Waals surface area contributed by atoms with Crippen molar-refractivity contribution < 1.29 is 4.79 Å². The van der Waals surface area contributed by atoms with E-state index in [1.54, 1.807) is 0 Å². The molecule has 0 fully saturated rings. The van der Waals surface area contributed by atoms with Crippen LogP contribution < -0.4 is 11.5 Å². The molecular formula is C16H15N3OS. The summed E-state index contributed by atoms with van der Waals surface area (Å²) >= 11 is 1.47. The van der Waals surface area contributed by atoms with Gasteiger partial charge in [0.2, 0.25) is 0 Å². The number of nitrogens with zero attached hydrogens (tertiary/aromatic N) is 1. The maximum Gasteiger partial charge on any atom is 0.266 e. The maximum absolute atomic E-state index is 11.7. The summed E-state index contributed by atoms with van der Waals surface area (Å²) in [6.07, 6.45) is 0. The number of nitrogens with two attached hydrogens (primary N) is 2. The molecule has 106 valence electrons. The molecule has 0 atom stereocenters. The Morgan fingerprint density at radius 2 is 1.81 bits per heavy atom. The summed E-state index contributed by atoms with van der Waals surface area (Å²) in [7, 11) is 0. The SMILES string of the molecule is NCc1ccccc1Sn1c(C(N)=O)cc2ccccc21. The number of amides is 1. The second-order valence-electron chi connectivity index (χ2n) is 4.65. The number of primary amides is 1. The molecule has 0 bridgehead atoms. The molecule has 0 radical (unpaired) electrons. The molecule has 2 aromatic carbocycles. The standard InChI is InChI=1S/C16H15N3OS/c17-10-12-6-2-4-8-15(12)21-19-13-7-3-1-5-11(13)9-14(19)16(18)20/h1-9H,10,17H2,(H2,18,20). The molecule has 3 rings (SSSR count). The number of carbonyl (C=O) groups excluding carboxylic acids is 1. The first kappa shape index (κ1) is 13.7. The Labute approximate surface area is 126 Å². The molecule has 1 heterocycles. The van der Waals surface area contributed by atoms with Crippen LogP contribution in [-0.4, -0.2) is 9.88 Å². The third kappa shape index (κ3) is 2.53. The Kier molecular flexibility index (Phi) is 3.68. The van der Waals surface area contributed by atoms with Crippen LogP contribution in [0, 0.1) is 0 Å². The molecule has 4 N–H and O–H groups in total. The fraction of sp³-hybridized carbons (Fsp3) is 0.0625. The Morgan fingerprint density at radius 1 is 1.10 bits per heavy atom. The van der Waals surface area contributed by atoms with Crippen molar-refractivity contribution in [1.29, 1.82) is 0 Å². The van der Waals surface area contributed by atoms with Crippen molar-refractivity contribution in [2.24, 2.45) is 11.5 Å². The van der Waals surface area contributed by atoms with Gasteiger partial charge in [-0.25, -0.2) is 0 Å². The Balaban J connectivity index is 2.15. The van der Waals surface area contributed by atoms with Crippen LogP contribution in [0.3, 0.4) is 0 Å². The van der Waals surface area contributed by atoms with Crippen LogP contribution in [0.25, 0.3) is 10.9 Å². The number of hydrogen-bond acceptors (Lipinski definition) is 3. The van der Waals surface area contributed by atoms with E-state index >= 15 is 0 Å². The molecule has 1 amide bonds. The minimum Gasteiger partial charge on any atom is -0.364 e. The third-order valence-electron chi connectivity index (χ3n) is 3.30. The molecule has 0 saturated carbocycles. The zero-order chi connectivity index (χ0) is 14.8. The molecule has 1 aromatic heterocycles. The predicted molar refractivity (Wildman–Crippen MR) is 86.0 cm³/mol. The lowest BCUT2D eigenvalue weighted by atomic mass is 10.2. The van der Waals surface area contributed by atoms with Gasteiger partial charge in [-0.3, -0.25) is 8.77 Å². The van der Waals surface area contributed by atoms with Crippen LogP contribution in [0.15, 0.2) is 59.5 Å². The molecule has 0 aliphatic heterocycles. The van der Waals surface area contributed by atoms with Crippen molar-refractivity contribution in [3.05, 3.63) is 65.9 Å². The zero-order valence-electron chi connectivity index (χ0n) is 11.3. The van der Waals surface area contributed by atoms with Gasteiger partial charge in [-0.05, 0) is 35.7 Å². The molecule has 5 heteroatoms. The summed E-state index contributed by atoms with van der Waals surface area (Å²) in [5, 5.41) is 0.990. The van der Waals surface area contributed by atoms with E-state index in [0.717, 1.165) is 21.4 Å². The van der Waals surface area contributed by atoms with E-state index in [4.69, 9.17) is 11.5 Å². The summed E-state index contributed by atoms with van der Waals surface area (Å²) in [5.41, 5.74) is 13.8. The second-order valence-corrected chi connectivity index (χ2v) is 5.64. The normalized spacial score (nSPS) is 10.9. The van der Waals surface area contributed by atoms with Crippen molar-refractivity contribution >= 4 is 28.8 Å². The molecule has 21 heavy (non-hydrogen) atoms. The summed E-state index contributed by atoms with van der Waals surface area (Å²) in [4.78, 5) is 12.7. The van der Waals surface area contributed by atoms with Crippen LogP contribution in [0.1, 0.15) is 16.1 Å². The molecule has 4 nitrogen and oxygen atoms in total. The molecule has 0 unspecified atom stereocenters. The molecule has 0 spiro atoms. The number of hydrogen-bond donors (Lipinski definition) is 2. The highest BCUT2D eigenvalue weighted by atomic mass is 32.2. The van der Waals surface area contributed by atoms with Crippen molar-refractivity contribution in [2.45, 2.75) is 11.4 Å². The molecule has 0 aliphatic carbocycles. The lowest BCUT2D eigenvalue weighted by molar-refractivity contribution is 0.0995. The van der Waals surface area contributed by atoms with Crippen LogP contribution in [0.4, 0.5) is 0 Å². The molecular weight excluding hydrogens is 282 g/mol. The Morgan fingerprint density at radius 3 is 2.57 bits per heavy atom. The number of benzene rings is 2. The zero-order valence-corrected chi connectivity index (χ0v) is 12.1. The number of carbonyl (C=O) groups is 1. The van der Waals surface area contributed by atoms with Crippen LogP contribution in [0.5, 0.6) is 0 Å². The van der Waals surface area contributed by atoms with Gasteiger partial charge in [-0.1, -0.05) is 36.4 Å². The molecule has 0 saturated heterocycles. The number of aromatic nitrogens is 1. The smallest absolute Gasteiger partial charge is 0.266 e. The molecule has 0 aliphatic rings. The van der Waals surface area contributed by atoms with Gasteiger partial charge in [0.15, 0.2) is 0 Å². The average molecular weight is 297 g/mol. The summed E-state index contributed by atoms with van der Waals surface area (Å²) in [5.74, 6) is -0.441. The fourth-order valence-electron chi connectivity index (χ4n) is 2.26. The highest BCUT2D eigenvalue weighted by Gasteiger charge is 2.15. The van der Waals surface area contributed by atoms with Gasteiger partial charge in [0, 0.05) is 16.8 Å². The highest BCUT2D eigenvalue weighted by Crippen LogP contribution is 2.31. The number of fused-ring (bicyclic) bond motifs is 1. The van der Waals surface area contributed by atoms with Gasteiger partial charge in [0.25, 0.3) is 5.91 Å². The highest BCUT2D eigenvalue weighted by molar-refractivity contribution is 7.98. The van der Waals surface area contributed by atoms with Gasteiger partial charge in [0.1, 0.15) is 5.69 Å². The minimum absolute atomic E-state index is 0.441. The summed E-state index contributed by atoms with van der Waals surface area (Å²) in [6.45, 7) is 0.453. The quantitative estimate of drug-likeness (QED) is 0.777. The van der Waals surface area contributed by atoms with E-state index in [-0.39, 0.29) is 0 Å². The fourth-order valence-corrected chi connectivity index (χ4v) is 3.37. The van der Waals surface area contributed by atoms with E-state index in [9.17, 15) is 4.79 Å². The van der Waals surface area contributed by atoms with E-state index in [0.29, 0.717) is 12.2 Å². The van der Waals surface area contributed by atoms with Gasteiger partial charge in [-0.2, -0.15) is 0 Å². The Hall–Kier alpha value is -2.24. The van der Waals surface area contributed by atoms with Gasteiger partial charge in [-0.15, -0.1) is 0 Å². The van der Waals surface area contributed by atoms with E-state index in [2.05, 4.69) is 0 Å². The largest absolute Gasteiger partial charge is 0.364 e. The third-order valence-corrected chi connectivity index (χ3v) is 4.47. The number of para-hydroxylation sites is 1. The van der Waals surface area contributed by atoms with Crippen molar-refractivity contribution in [3.63, 3.8) is 0 Å². The van der Waals surface area contributed by atoms with E-state index < -0.39 is 5.91 Å². The van der Waals surface area contributed by atoms with Crippen molar-refractivity contribution in [3.8, 4) is 0 Å².